The maximum Gasteiger partial charge on any atom is 0.315 e. The molecule has 0 fully saturated rings. The number of urea groups is 1. The molecule has 0 radical (unpaired) electrons. The molecule has 2 aromatic carbocycles. The minimum absolute atomic E-state index is 0.0486. The van der Waals surface area contributed by atoms with Crippen molar-refractivity contribution in [2.45, 2.75) is 25.4 Å². The summed E-state index contributed by atoms with van der Waals surface area (Å²) in [4.78, 5) is 14.3. The number of hydrogen-bond acceptors (Lipinski definition) is 3. The monoisotopic (exact) mass is 350 g/mol. The standard InChI is InChI=1S/C21H26N4O/c1-16(19-7-5-4-6-8-19)24-21(26)23-15-20(25(2)3)13-17-9-11-18(14-22)12-10-17/h4-12,16,20H,13,15H2,1-3H3,(H2,23,24,26)/t16-,20?/m0/s1. The zero-order valence-corrected chi connectivity index (χ0v) is 15.6. The minimum Gasteiger partial charge on any atom is -0.337 e. The van der Waals surface area contributed by atoms with Crippen molar-refractivity contribution in [3.63, 3.8) is 0 Å². The highest BCUT2D eigenvalue weighted by Gasteiger charge is 2.15. The summed E-state index contributed by atoms with van der Waals surface area (Å²) in [5, 5.41) is 14.8. The first-order valence-corrected chi connectivity index (χ1v) is 8.74. The summed E-state index contributed by atoms with van der Waals surface area (Å²) in [5.41, 5.74) is 2.87. The number of nitrogens with zero attached hydrogens (tertiary/aromatic N) is 2. The highest BCUT2D eigenvalue weighted by Crippen LogP contribution is 2.11. The summed E-state index contributed by atoms with van der Waals surface area (Å²) in [6.45, 7) is 2.51. The molecular weight excluding hydrogens is 324 g/mol. The van der Waals surface area contributed by atoms with Crippen LogP contribution in [0.4, 0.5) is 4.79 Å². The molecule has 1 unspecified atom stereocenters. The lowest BCUT2D eigenvalue weighted by Gasteiger charge is -2.25. The first-order valence-electron chi connectivity index (χ1n) is 8.74. The quantitative estimate of drug-likeness (QED) is 0.806. The fourth-order valence-corrected chi connectivity index (χ4v) is 2.71. The smallest absolute Gasteiger partial charge is 0.315 e. The summed E-state index contributed by atoms with van der Waals surface area (Å²) >= 11 is 0. The average Bonchev–Trinajstić information content (AvgIpc) is 2.66. The van der Waals surface area contributed by atoms with E-state index in [1.807, 2.05) is 75.6 Å². The van der Waals surface area contributed by atoms with Crippen LogP contribution in [0.3, 0.4) is 0 Å². The maximum atomic E-state index is 12.2. The molecule has 0 aromatic heterocycles. The molecule has 5 nitrogen and oxygen atoms in total. The Morgan fingerprint density at radius 1 is 1.12 bits per heavy atom. The molecule has 5 heteroatoms. The second-order valence-corrected chi connectivity index (χ2v) is 6.62. The lowest BCUT2D eigenvalue weighted by atomic mass is 10.0. The number of likely N-dealkylation sites (N-methyl/N-ethyl adjacent to an activating group) is 1. The van der Waals surface area contributed by atoms with E-state index in [1.165, 1.54) is 0 Å². The van der Waals surface area contributed by atoms with Crippen molar-refractivity contribution in [1.29, 1.82) is 5.26 Å². The van der Waals surface area contributed by atoms with E-state index in [0.29, 0.717) is 12.1 Å². The Bertz CT molecular complexity index is 735. The van der Waals surface area contributed by atoms with Gasteiger partial charge in [0.2, 0.25) is 0 Å². The van der Waals surface area contributed by atoms with Gasteiger partial charge in [-0.15, -0.1) is 0 Å². The fourth-order valence-electron chi connectivity index (χ4n) is 2.71. The Morgan fingerprint density at radius 3 is 2.35 bits per heavy atom. The topological polar surface area (TPSA) is 68.2 Å². The van der Waals surface area contributed by atoms with Crippen LogP contribution < -0.4 is 10.6 Å². The fraction of sp³-hybridized carbons (Fsp3) is 0.333. The molecule has 136 valence electrons. The van der Waals surface area contributed by atoms with Crippen LogP contribution in [0.25, 0.3) is 0 Å². The maximum absolute atomic E-state index is 12.2. The second-order valence-electron chi connectivity index (χ2n) is 6.62. The van der Waals surface area contributed by atoms with Gasteiger partial charge in [0.25, 0.3) is 0 Å². The van der Waals surface area contributed by atoms with Gasteiger partial charge in [-0.1, -0.05) is 42.5 Å². The lowest BCUT2D eigenvalue weighted by Crippen LogP contribution is -2.45. The zero-order chi connectivity index (χ0) is 18.9. The Hall–Kier alpha value is -2.84. The van der Waals surface area contributed by atoms with Gasteiger partial charge in [-0.05, 0) is 50.7 Å². The van der Waals surface area contributed by atoms with Gasteiger partial charge in [-0.2, -0.15) is 5.26 Å². The van der Waals surface area contributed by atoms with Crippen LogP contribution in [0.5, 0.6) is 0 Å². The van der Waals surface area contributed by atoms with Gasteiger partial charge in [0.15, 0.2) is 0 Å². The molecule has 0 heterocycles. The van der Waals surface area contributed by atoms with Gasteiger partial charge in [-0.3, -0.25) is 0 Å². The first kappa shape index (κ1) is 19.5. The number of nitrogens with one attached hydrogen (secondary N) is 2. The Morgan fingerprint density at radius 2 is 1.77 bits per heavy atom. The van der Waals surface area contributed by atoms with Crippen LogP contribution in [0.15, 0.2) is 54.6 Å². The van der Waals surface area contributed by atoms with Gasteiger partial charge in [0.1, 0.15) is 0 Å². The molecule has 0 saturated carbocycles. The van der Waals surface area contributed by atoms with E-state index in [4.69, 9.17) is 5.26 Å². The van der Waals surface area contributed by atoms with Crippen molar-refractivity contribution >= 4 is 6.03 Å². The highest BCUT2D eigenvalue weighted by molar-refractivity contribution is 5.74. The summed E-state index contributed by atoms with van der Waals surface area (Å²) in [6, 6.07) is 19.5. The third kappa shape index (κ3) is 5.91. The number of carbonyl (C=O) groups excluding carboxylic acids is 1. The van der Waals surface area contributed by atoms with E-state index in [9.17, 15) is 4.79 Å². The molecule has 0 saturated heterocycles. The van der Waals surface area contributed by atoms with Crippen molar-refractivity contribution in [3.8, 4) is 6.07 Å². The molecule has 2 N–H and O–H groups in total. The number of nitriles is 1. The molecule has 2 atom stereocenters. The van der Waals surface area contributed by atoms with E-state index in [-0.39, 0.29) is 18.1 Å². The van der Waals surface area contributed by atoms with E-state index < -0.39 is 0 Å². The molecule has 26 heavy (non-hydrogen) atoms. The molecule has 2 amide bonds. The van der Waals surface area contributed by atoms with Crippen LogP contribution in [0.1, 0.15) is 29.7 Å². The van der Waals surface area contributed by atoms with Gasteiger partial charge in [-0.25, -0.2) is 4.79 Å². The normalized spacial score (nSPS) is 12.9. The van der Waals surface area contributed by atoms with Crippen molar-refractivity contribution in [3.05, 3.63) is 71.3 Å². The van der Waals surface area contributed by atoms with Gasteiger partial charge in [0.05, 0.1) is 17.7 Å². The molecule has 2 aromatic rings. The predicted molar refractivity (Wildman–Crippen MR) is 104 cm³/mol. The Kier molecular flexibility index (Phi) is 7.19. The van der Waals surface area contributed by atoms with Crippen LogP contribution in [-0.4, -0.2) is 37.6 Å². The molecular formula is C21H26N4O. The van der Waals surface area contributed by atoms with E-state index in [1.54, 1.807) is 0 Å². The highest BCUT2D eigenvalue weighted by atomic mass is 16.2. The number of carbonyl (C=O) groups is 1. The zero-order valence-electron chi connectivity index (χ0n) is 15.6. The first-order chi connectivity index (χ1) is 12.5. The number of rotatable bonds is 7. The Labute approximate surface area is 155 Å². The largest absolute Gasteiger partial charge is 0.337 e. The molecule has 0 aliphatic carbocycles. The van der Waals surface area contributed by atoms with Crippen LogP contribution in [0.2, 0.25) is 0 Å². The number of benzene rings is 2. The summed E-state index contributed by atoms with van der Waals surface area (Å²) in [7, 11) is 4.00. The van der Waals surface area contributed by atoms with Crippen LogP contribution in [-0.2, 0) is 6.42 Å². The van der Waals surface area contributed by atoms with E-state index >= 15 is 0 Å². The lowest BCUT2D eigenvalue weighted by molar-refractivity contribution is 0.229. The third-order valence-corrected chi connectivity index (χ3v) is 4.43. The minimum atomic E-state index is -0.173. The SMILES string of the molecule is C[C@H](NC(=O)NCC(Cc1ccc(C#N)cc1)N(C)C)c1ccccc1. The Balaban J connectivity index is 1.87. The van der Waals surface area contributed by atoms with E-state index in [2.05, 4.69) is 21.6 Å². The third-order valence-electron chi connectivity index (χ3n) is 4.43. The van der Waals surface area contributed by atoms with Crippen molar-refractivity contribution < 1.29 is 4.79 Å². The second kappa shape index (κ2) is 9.59. The van der Waals surface area contributed by atoms with Crippen molar-refractivity contribution in [2.24, 2.45) is 0 Å². The average molecular weight is 350 g/mol. The molecule has 0 aliphatic heterocycles. The summed E-state index contributed by atoms with van der Waals surface area (Å²) in [5.74, 6) is 0. The molecule has 0 bridgehead atoms. The molecule has 2 rings (SSSR count). The van der Waals surface area contributed by atoms with Crippen molar-refractivity contribution in [2.75, 3.05) is 20.6 Å². The van der Waals surface area contributed by atoms with Gasteiger partial charge in [0, 0.05) is 12.6 Å². The van der Waals surface area contributed by atoms with Crippen molar-refractivity contribution in [1.82, 2.24) is 15.5 Å². The molecule has 0 spiro atoms. The van der Waals surface area contributed by atoms with E-state index in [0.717, 1.165) is 17.5 Å². The van der Waals surface area contributed by atoms with Gasteiger partial charge >= 0.3 is 6.03 Å². The van der Waals surface area contributed by atoms with Crippen LogP contribution in [0, 0.1) is 11.3 Å². The molecule has 0 aliphatic rings. The summed E-state index contributed by atoms with van der Waals surface area (Å²) < 4.78 is 0. The van der Waals surface area contributed by atoms with Gasteiger partial charge < -0.3 is 15.5 Å². The predicted octanol–water partition coefficient (Wildman–Crippen LogP) is 3.09. The summed E-state index contributed by atoms with van der Waals surface area (Å²) in [6.07, 6.45) is 0.799. The number of amides is 2. The van der Waals surface area contributed by atoms with Crippen LogP contribution >= 0.6 is 0 Å². The number of hydrogen-bond donors (Lipinski definition) is 2.